The number of nitrogens with zero attached hydrogens (tertiary/aromatic N) is 2. The van der Waals surface area contributed by atoms with Crippen LogP contribution in [0.2, 0.25) is 10.0 Å². The number of rotatable bonds is 7. The normalized spacial score (nSPS) is 19.0. The van der Waals surface area contributed by atoms with Gasteiger partial charge in [0.05, 0.1) is 35.5 Å². The number of nitrogens with one attached hydrogen (secondary N) is 2. The number of hydrogen-bond donors (Lipinski definition) is 2. The first kappa shape index (κ1) is 22.9. The minimum atomic E-state index is -0.406. The lowest BCUT2D eigenvalue weighted by molar-refractivity contribution is 0.0205. The van der Waals surface area contributed by atoms with Crippen LogP contribution in [-0.2, 0) is 9.47 Å². The largest absolute Gasteiger partial charge is 0.465 e. The standard InChI is InChI=1S/C19H24Cl2N4O4S/c1-4-7-29-12-9-25(19-22-8-13(30-19)18(27)28-3)6-5-11(12)24-17(26)16-15(21)14(20)10(2)23-16/h8,11-12,23H,4-7,9H2,1-3H3,(H,24,26)/t11-,12+/m1/s1. The molecule has 3 rings (SSSR count). The number of methoxy groups -OCH3 is 1. The maximum atomic E-state index is 12.8. The number of thiazole rings is 1. The van der Waals surface area contributed by atoms with E-state index in [1.54, 1.807) is 6.92 Å². The van der Waals surface area contributed by atoms with Crippen molar-refractivity contribution in [3.05, 3.63) is 32.5 Å². The van der Waals surface area contributed by atoms with Crippen molar-refractivity contribution in [3.63, 3.8) is 0 Å². The predicted octanol–water partition coefficient (Wildman–Crippen LogP) is 3.68. The van der Waals surface area contributed by atoms with Crippen LogP contribution in [0.4, 0.5) is 5.13 Å². The summed E-state index contributed by atoms with van der Waals surface area (Å²) in [7, 11) is 1.34. The monoisotopic (exact) mass is 474 g/mol. The zero-order valence-corrected chi connectivity index (χ0v) is 19.3. The van der Waals surface area contributed by atoms with Crippen molar-refractivity contribution in [2.24, 2.45) is 0 Å². The molecule has 0 radical (unpaired) electrons. The van der Waals surface area contributed by atoms with E-state index in [4.69, 9.17) is 32.7 Å². The molecule has 2 atom stereocenters. The van der Waals surface area contributed by atoms with Crippen LogP contribution in [0.1, 0.15) is 45.6 Å². The number of piperidine rings is 1. The molecule has 1 saturated heterocycles. The van der Waals surface area contributed by atoms with Gasteiger partial charge in [-0.2, -0.15) is 0 Å². The van der Waals surface area contributed by atoms with Gasteiger partial charge in [0.2, 0.25) is 0 Å². The highest BCUT2D eigenvalue weighted by Gasteiger charge is 2.33. The molecular formula is C19H24Cl2N4O4S. The summed E-state index contributed by atoms with van der Waals surface area (Å²) in [5.74, 6) is -0.725. The van der Waals surface area contributed by atoms with Crippen molar-refractivity contribution < 1.29 is 19.1 Å². The number of aromatic amines is 1. The maximum Gasteiger partial charge on any atom is 0.349 e. The Labute approximate surface area is 188 Å². The molecule has 164 valence electrons. The lowest BCUT2D eigenvalue weighted by Gasteiger charge is -2.38. The van der Waals surface area contributed by atoms with Crippen LogP contribution in [0.15, 0.2) is 6.20 Å². The van der Waals surface area contributed by atoms with Gasteiger partial charge in [0.15, 0.2) is 5.13 Å². The number of H-pyrrole nitrogens is 1. The van der Waals surface area contributed by atoms with E-state index in [0.29, 0.717) is 41.7 Å². The maximum absolute atomic E-state index is 12.8. The molecule has 1 fully saturated rings. The SMILES string of the molecule is CCCO[C@H]1CN(c2ncc(C(=O)OC)s2)CC[C@H]1NC(=O)c1[nH]c(C)c(Cl)c1Cl. The van der Waals surface area contributed by atoms with Crippen LogP contribution in [0.25, 0.3) is 0 Å². The van der Waals surface area contributed by atoms with Crippen LogP contribution in [-0.4, -0.2) is 60.8 Å². The minimum absolute atomic E-state index is 0.196. The third-order valence-corrected chi connectivity index (χ3v) is 6.83. The zero-order valence-electron chi connectivity index (χ0n) is 17.0. The van der Waals surface area contributed by atoms with Crippen LogP contribution >= 0.6 is 34.5 Å². The second-order valence-corrected chi connectivity index (χ2v) is 8.74. The fourth-order valence-electron chi connectivity index (χ4n) is 3.27. The van der Waals surface area contributed by atoms with Gasteiger partial charge in [-0.15, -0.1) is 0 Å². The van der Waals surface area contributed by atoms with Gasteiger partial charge in [-0.3, -0.25) is 4.79 Å². The molecule has 0 unspecified atom stereocenters. The summed E-state index contributed by atoms with van der Waals surface area (Å²) in [6.45, 7) is 5.55. The van der Waals surface area contributed by atoms with Gasteiger partial charge in [0, 0.05) is 25.4 Å². The van der Waals surface area contributed by atoms with E-state index in [0.717, 1.165) is 11.6 Å². The van der Waals surface area contributed by atoms with Crippen LogP contribution in [0.3, 0.4) is 0 Å². The van der Waals surface area contributed by atoms with Gasteiger partial charge >= 0.3 is 5.97 Å². The summed E-state index contributed by atoms with van der Waals surface area (Å²) >= 11 is 13.5. The molecule has 11 heteroatoms. The first-order valence-corrected chi connectivity index (χ1v) is 11.2. The molecule has 2 N–H and O–H groups in total. The van der Waals surface area contributed by atoms with E-state index in [1.165, 1.54) is 24.6 Å². The quantitative estimate of drug-likeness (QED) is 0.594. The van der Waals surface area contributed by atoms with Gasteiger partial charge in [0.25, 0.3) is 5.91 Å². The number of amides is 1. The van der Waals surface area contributed by atoms with Crippen molar-refractivity contribution in [2.75, 3.05) is 31.7 Å². The number of carbonyl (C=O) groups is 2. The smallest absolute Gasteiger partial charge is 0.349 e. The Hall–Kier alpha value is -1.81. The van der Waals surface area contributed by atoms with E-state index >= 15 is 0 Å². The first-order valence-electron chi connectivity index (χ1n) is 9.60. The number of aromatic nitrogens is 2. The van der Waals surface area contributed by atoms with E-state index in [-0.39, 0.29) is 28.8 Å². The molecule has 2 aromatic rings. The van der Waals surface area contributed by atoms with Crippen molar-refractivity contribution in [1.29, 1.82) is 0 Å². The minimum Gasteiger partial charge on any atom is -0.465 e. The zero-order chi connectivity index (χ0) is 21.8. The van der Waals surface area contributed by atoms with Gasteiger partial charge < -0.3 is 24.7 Å². The van der Waals surface area contributed by atoms with E-state index in [1.807, 2.05) is 6.92 Å². The number of aryl methyl sites for hydroxylation is 1. The summed E-state index contributed by atoms with van der Waals surface area (Å²) in [6, 6.07) is -0.196. The number of anilines is 1. The van der Waals surface area contributed by atoms with Crippen LogP contribution in [0.5, 0.6) is 0 Å². The highest BCUT2D eigenvalue weighted by molar-refractivity contribution is 7.17. The first-order chi connectivity index (χ1) is 14.3. The molecule has 3 heterocycles. The third-order valence-electron chi connectivity index (χ3n) is 4.84. The third kappa shape index (κ3) is 4.91. The predicted molar refractivity (Wildman–Crippen MR) is 117 cm³/mol. The molecule has 8 nitrogen and oxygen atoms in total. The van der Waals surface area contributed by atoms with Gasteiger partial charge in [0.1, 0.15) is 10.6 Å². The lowest BCUT2D eigenvalue weighted by atomic mass is 10.0. The Morgan fingerprint density at radius 3 is 2.80 bits per heavy atom. The fourth-order valence-corrected chi connectivity index (χ4v) is 4.55. The highest BCUT2D eigenvalue weighted by Crippen LogP contribution is 2.30. The number of carbonyl (C=O) groups excluding carboxylic acids is 2. The molecule has 30 heavy (non-hydrogen) atoms. The second kappa shape index (κ2) is 10.00. The molecule has 0 spiro atoms. The Bertz CT molecular complexity index is 916. The molecule has 0 bridgehead atoms. The van der Waals surface area contributed by atoms with Crippen LogP contribution < -0.4 is 10.2 Å². The Morgan fingerprint density at radius 2 is 2.17 bits per heavy atom. The molecule has 1 aliphatic rings. The topological polar surface area (TPSA) is 96.5 Å². The number of hydrogen-bond acceptors (Lipinski definition) is 7. The second-order valence-electron chi connectivity index (χ2n) is 6.98. The van der Waals surface area contributed by atoms with E-state index in [9.17, 15) is 9.59 Å². The summed E-state index contributed by atoms with van der Waals surface area (Å²) in [6.07, 6.45) is 2.79. The molecule has 0 aromatic carbocycles. The van der Waals surface area contributed by atoms with Gasteiger partial charge in [-0.25, -0.2) is 9.78 Å². The van der Waals surface area contributed by atoms with Crippen molar-refractivity contribution in [3.8, 4) is 0 Å². The number of esters is 1. The van der Waals surface area contributed by atoms with Crippen molar-refractivity contribution in [2.45, 2.75) is 38.8 Å². The molecular weight excluding hydrogens is 451 g/mol. The summed E-state index contributed by atoms with van der Waals surface area (Å²) in [5.41, 5.74) is 0.893. The molecule has 1 amide bonds. The molecule has 0 saturated carbocycles. The summed E-state index contributed by atoms with van der Waals surface area (Å²) < 4.78 is 10.8. The number of halogens is 2. The molecule has 1 aliphatic heterocycles. The van der Waals surface area contributed by atoms with E-state index < -0.39 is 5.97 Å². The van der Waals surface area contributed by atoms with Gasteiger partial charge in [-0.05, 0) is 19.8 Å². The Balaban J connectivity index is 1.71. The average Bonchev–Trinajstić information content (AvgIpc) is 3.33. The van der Waals surface area contributed by atoms with Crippen molar-refractivity contribution in [1.82, 2.24) is 15.3 Å². The molecule has 0 aliphatic carbocycles. The molecule has 2 aromatic heterocycles. The van der Waals surface area contributed by atoms with Gasteiger partial charge in [-0.1, -0.05) is 41.5 Å². The Kier molecular flexibility index (Phi) is 7.62. The fraction of sp³-hybridized carbons (Fsp3) is 0.526. The Morgan fingerprint density at radius 1 is 1.40 bits per heavy atom. The number of ether oxygens (including phenoxy) is 2. The highest BCUT2D eigenvalue weighted by atomic mass is 35.5. The lowest BCUT2D eigenvalue weighted by Crippen LogP contribution is -2.55. The van der Waals surface area contributed by atoms with Crippen molar-refractivity contribution >= 4 is 51.5 Å². The van der Waals surface area contributed by atoms with Crippen LogP contribution in [0, 0.1) is 6.92 Å². The van der Waals surface area contributed by atoms with E-state index in [2.05, 4.69) is 20.2 Å². The average molecular weight is 475 g/mol. The summed E-state index contributed by atoms with van der Waals surface area (Å²) in [5, 5.41) is 4.31. The summed E-state index contributed by atoms with van der Waals surface area (Å²) in [4.78, 5) is 34.3.